The van der Waals surface area contributed by atoms with Crippen molar-refractivity contribution < 1.29 is 4.39 Å². The number of aryl methyl sites for hydroxylation is 1. The number of nitrogens with zero attached hydrogens (tertiary/aromatic N) is 4. The van der Waals surface area contributed by atoms with Gasteiger partial charge in [0.1, 0.15) is 11.2 Å². The molecule has 0 saturated carbocycles. The van der Waals surface area contributed by atoms with Crippen LogP contribution in [0.25, 0.3) is 22.4 Å². The van der Waals surface area contributed by atoms with Crippen LogP contribution < -0.4 is 11.2 Å². The zero-order valence-corrected chi connectivity index (χ0v) is 16.2. The van der Waals surface area contributed by atoms with Gasteiger partial charge >= 0.3 is 5.69 Å². The van der Waals surface area contributed by atoms with E-state index in [-0.39, 0.29) is 23.4 Å². The van der Waals surface area contributed by atoms with Crippen LogP contribution in [0, 0.1) is 5.82 Å². The monoisotopic (exact) mass is 410 g/mol. The van der Waals surface area contributed by atoms with Gasteiger partial charge in [0.25, 0.3) is 5.56 Å². The molecule has 4 aromatic rings. The fourth-order valence-corrected chi connectivity index (χ4v) is 3.26. The molecule has 0 amide bonds. The molecule has 0 atom stereocenters. The number of fused-ring (bicyclic) bond motifs is 1. The zero-order chi connectivity index (χ0) is 20.5. The minimum atomic E-state index is -0.485. The van der Waals surface area contributed by atoms with Crippen molar-refractivity contribution in [3.8, 4) is 11.4 Å². The molecule has 8 heteroatoms. The van der Waals surface area contributed by atoms with E-state index in [0.29, 0.717) is 23.0 Å². The van der Waals surface area contributed by atoms with Crippen LogP contribution in [-0.2, 0) is 13.1 Å². The minimum absolute atomic E-state index is 0.0345. The Morgan fingerprint density at radius 2 is 1.69 bits per heavy atom. The number of aromatic nitrogens is 4. The highest BCUT2D eigenvalue weighted by atomic mass is 35.5. The summed E-state index contributed by atoms with van der Waals surface area (Å²) in [7, 11) is 0. The first-order chi connectivity index (χ1) is 14.0. The average Bonchev–Trinajstić information content (AvgIpc) is 2.73. The van der Waals surface area contributed by atoms with E-state index in [1.807, 2.05) is 0 Å². The Bertz CT molecular complexity index is 1310. The summed E-state index contributed by atoms with van der Waals surface area (Å²) < 4.78 is 15.7. The maximum absolute atomic E-state index is 13.2. The molecule has 146 valence electrons. The van der Waals surface area contributed by atoms with Gasteiger partial charge in [0, 0.05) is 23.3 Å². The Kier molecular flexibility index (Phi) is 4.98. The quantitative estimate of drug-likeness (QED) is 0.516. The van der Waals surface area contributed by atoms with E-state index in [4.69, 9.17) is 11.6 Å². The first-order valence-electron chi connectivity index (χ1n) is 8.98. The minimum Gasteiger partial charge on any atom is -0.277 e. The van der Waals surface area contributed by atoms with Crippen molar-refractivity contribution in [3.63, 3.8) is 0 Å². The molecule has 0 spiro atoms. The van der Waals surface area contributed by atoms with Crippen LogP contribution in [0.2, 0.25) is 5.02 Å². The smallest absolute Gasteiger partial charge is 0.277 e. The van der Waals surface area contributed by atoms with Crippen molar-refractivity contribution in [1.82, 2.24) is 19.1 Å². The molecule has 0 aliphatic rings. The summed E-state index contributed by atoms with van der Waals surface area (Å²) in [6.45, 7) is 2.17. The first-order valence-corrected chi connectivity index (χ1v) is 9.36. The highest BCUT2D eigenvalue weighted by molar-refractivity contribution is 6.30. The first kappa shape index (κ1) is 19.0. The van der Waals surface area contributed by atoms with E-state index in [1.54, 1.807) is 43.3 Å². The van der Waals surface area contributed by atoms with Crippen LogP contribution in [0.1, 0.15) is 12.5 Å². The maximum Gasteiger partial charge on any atom is 0.332 e. The van der Waals surface area contributed by atoms with Crippen LogP contribution in [0.3, 0.4) is 0 Å². The van der Waals surface area contributed by atoms with Gasteiger partial charge in [-0.25, -0.2) is 19.2 Å². The van der Waals surface area contributed by atoms with Crippen molar-refractivity contribution in [2.45, 2.75) is 20.0 Å². The normalized spacial score (nSPS) is 11.1. The molecule has 2 aromatic carbocycles. The molecule has 6 nitrogen and oxygen atoms in total. The van der Waals surface area contributed by atoms with Crippen molar-refractivity contribution in [2.75, 3.05) is 0 Å². The van der Waals surface area contributed by atoms with Gasteiger partial charge in [-0.3, -0.25) is 13.9 Å². The maximum atomic E-state index is 13.2. The van der Waals surface area contributed by atoms with Crippen molar-refractivity contribution in [3.05, 3.63) is 92.0 Å². The van der Waals surface area contributed by atoms with E-state index in [1.165, 1.54) is 22.9 Å². The van der Waals surface area contributed by atoms with Crippen molar-refractivity contribution in [2.24, 2.45) is 0 Å². The van der Waals surface area contributed by atoms with E-state index < -0.39 is 11.2 Å². The predicted octanol–water partition coefficient (Wildman–Crippen LogP) is 3.48. The summed E-state index contributed by atoms with van der Waals surface area (Å²) in [5.74, 6) is 0.0140. The second kappa shape index (κ2) is 7.60. The second-order valence-electron chi connectivity index (χ2n) is 6.48. The lowest BCUT2D eigenvalue weighted by Gasteiger charge is -2.13. The van der Waals surface area contributed by atoms with Gasteiger partial charge in [-0.2, -0.15) is 0 Å². The van der Waals surface area contributed by atoms with Gasteiger partial charge in [0.2, 0.25) is 0 Å². The average molecular weight is 411 g/mol. The number of halogens is 2. The van der Waals surface area contributed by atoms with Crippen molar-refractivity contribution >= 4 is 22.6 Å². The summed E-state index contributed by atoms with van der Waals surface area (Å²) >= 11 is 5.92. The summed E-state index contributed by atoms with van der Waals surface area (Å²) in [4.78, 5) is 34.7. The highest BCUT2D eigenvalue weighted by Crippen LogP contribution is 2.19. The van der Waals surface area contributed by atoms with Gasteiger partial charge in [-0.15, -0.1) is 0 Å². The molecule has 0 fully saturated rings. The van der Waals surface area contributed by atoms with Crippen LogP contribution in [0.4, 0.5) is 4.39 Å². The Labute approximate surface area is 169 Å². The van der Waals surface area contributed by atoms with E-state index in [9.17, 15) is 14.0 Å². The topological polar surface area (TPSA) is 69.8 Å². The highest BCUT2D eigenvalue weighted by Gasteiger charge is 2.15. The predicted molar refractivity (Wildman–Crippen MR) is 110 cm³/mol. The third-order valence-electron chi connectivity index (χ3n) is 4.63. The molecule has 2 aromatic heterocycles. The standard InChI is InChI=1S/C21H16ClFN4O2/c1-2-26-19-17(11-24-18(25-19)14-5-7-15(22)8-6-14)20(28)27(21(26)29)12-13-3-9-16(23)10-4-13/h3-11H,2,12H2,1H3. The van der Waals surface area contributed by atoms with Crippen LogP contribution in [0.5, 0.6) is 0 Å². The molecule has 4 rings (SSSR count). The van der Waals surface area contributed by atoms with Crippen LogP contribution >= 0.6 is 11.6 Å². The number of rotatable bonds is 4. The lowest BCUT2D eigenvalue weighted by Crippen LogP contribution is -2.40. The largest absolute Gasteiger partial charge is 0.332 e. The summed E-state index contributed by atoms with van der Waals surface area (Å²) in [5.41, 5.74) is 0.683. The molecule has 0 bridgehead atoms. The Hall–Kier alpha value is -3.32. The van der Waals surface area contributed by atoms with Gasteiger partial charge in [-0.1, -0.05) is 23.7 Å². The van der Waals surface area contributed by atoms with Crippen molar-refractivity contribution in [1.29, 1.82) is 0 Å². The Balaban J connectivity index is 1.89. The molecular formula is C21H16ClFN4O2. The number of benzene rings is 2. The summed E-state index contributed by atoms with van der Waals surface area (Å²) in [6, 6.07) is 12.7. The lowest BCUT2D eigenvalue weighted by molar-refractivity contribution is 0.612. The van der Waals surface area contributed by atoms with Gasteiger partial charge in [0.05, 0.1) is 6.54 Å². The van der Waals surface area contributed by atoms with E-state index in [0.717, 1.165) is 10.1 Å². The Morgan fingerprint density at radius 3 is 2.34 bits per heavy atom. The Morgan fingerprint density at radius 1 is 1.00 bits per heavy atom. The van der Waals surface area contributed by atoms with E-state index in [2.05, 4.69) is 9.97 Å². The van der Waals surface area contributed by atoms with Gasteiger partial charge in [0.15, 0.2) is 11.5 Å². The molecule has 0 aliphatic heterocycles. The molecule has 0 unspecified atom stereocenters. The fourth-order valence-electron chi connectivity index (χ4n) is 3.13. The lowest BCUT2D eigenvalue weighted by atomic mass is 10.2. The third-order valence-corrected chi connectivity index (χ3v) is 4.89. The van der Waals surface area contributed by atoms with E-state index >= 15 is 0 Å². The second-order valence-corrected chi connectivity index (χ2v) is 6.92. The summed E-state index contributed by atoms with van der Waals surface area (Å²) in [5, 5.41) is 0.829. The number of hydrogen-bond donors (Lipinski definition) is 0. The molecular weight excluding hydrogens is 395 g/mol. The zero-order valence-electron chi connectivity index (χ0n) is 15.5. The molecule has 0 radical (unpaired) electrons. The molecule has 2 heterocycles. The van der Waals surface area contributed by atoms with Gasteiger partial charge in [-0.05, 0) is 48.9 Å². The summed E-state index contributed by atoms with van der Waals surface area (Å²) in [6.07, 6.45) is 1.43. The fraction of sp³-hybridized carbons (Fsp3) is 0.143. The molecule has 29 heavy (non-hydrogen) atoms. The van der Waals surface area contributed by atoms with Gasteiger partial charge < -0.3 is 0 Å². The third kappa shape index (κ3) is 3.56. The van der Waals surface area contributed by atoms with Crippen LogP contribution in [0.15, 0.2) is 64.3 Å². The molecule has 0 aliphatic carbocycles. The molecule has 0 N–H and O–H groups in total. The SMILES string of the molecule is CCn1c(=O)n(Cc2ccc(F)cc2)c(=O)c2cnc(-c3ccc(Cl)cc3)nc21. The van der Waals surface area contributed by atoms with Crippen LogP contribution in [-0.4, -0.2) is 19.1 Å². The molecule has 0 saturated heterocycles. The number of hydrogen-bond acceptors (Lipinski definition) is 4.